The molecule has 1 fully saturated rings. The number of aromatic amines is 1. The van der Waals surface area contributed by atoms with Crippen LogP contribution in [0.5, 0.6) is 0 Å². The summed E-state index contributed by atoms with van der Waals surface area (Å²) < 4.78 is 27.8. The molecular weight excluding hydrogens is 508 g/mol. The highest BCUT2D eigenvalue weighted by Crippen LogP contribution is 2.34. The van der Waals surface area contributed by atoms with Crippen LogP contribution < -0.4 is 5.32 Å². The number of carbonyl (C=O) groups is 1. The predicted octanol–water partition coefficient (Wildman–Crippen LogP) is 5.06. The number of amides is 1. The summed E-state index contributed by atoms with van der Waals surface area (Å²) in [7, 11) is -4.01. The smallest absolute Gasteiger partial charge is 0.269 e. The van der Waals surface area contributed by atoms with E-state index < -0.39 is 15.7 Å². The lowest BCUT2D eigenvalue weighted by Gasteiger charge is -2.32. The van der Waals surface area contributed by atoms with Gasteiger partial charge in [-0.25, -0.2) is 8.42 Å². The zero-order valence-electron chi connectivity index (χ0n) is 20.8. The van der Waals surface area contributed by atoms with Gasteiger partial charge in [0.15, 0.2) is 0 Å². The van der Waals surface area contributed by atoms with E-state index in [2.05, 4.69) is 20.2 Å². The van der Waals surface area contributed by atoms with Crippen molar-refractivity contribution in [2.45, 2.75) is 49.1 Å². The molecule has 3 heterocycles. The molecule has 0 bridgehead atoms. The van der Waals surface area contributed by atoms with Crippen molar-refractivity contribution in [3.05, 3.63) is 88.3 Å². The molecule has 2 aromatic heterocycles. The quantitative estimate of drug-likeness (QED) is 0.359. The van der Waals surface area contributed by atoms with Gasteiger partial charge in [0.05, 0.1) is 4.90 Å². The van der Waals surface area contributed by atoms with E-state index in [1.54, 1.807) is 42.7 Å². The number of rotatable bonds is 6. The number of halogens is 1. The van der Waals surface area contributed by atoms with Gasteiger partial charge in [-0.2, -0.15) is 0 Å². The molecule has 0 aliphatic carbocycles. The number of nitrogens with one attached hydrogen (secondary N) is 2. The van der Waals surface area contributed by atoms with E-state index in [1.165, 1.54) is 5.56 Å². The Balaban J connectivity index is 1.41. The lowest BCUT2D eigenvalue weighted by molar-refractivity contribution is 0.0901. The summed E-state index contributed by atoms with van der Waals surface area (Å²) >= 11 is 6.24. The van der Waals surface area contributed by atoms with Crippen LogP contribution in [-0.4, -0.2) is 48.3 Å². The zero-order chi connectivity index (χ0) is 26.2. The Morgan fingerprint density at radius 1 is 1.05 bits per heavy atom. The molecule has 0 atom stereocenters. The predicted molar refractivity (Wildman–Crippen MR) is 145 cm³/mol. The third-order valence-corrected chi connectivity index (χ3v) is 8.85. The van der Waals surface area contributed by atoms with E-state index in [9.17, 15) is 13.2 Å². The number of hydrogen-bond donors (Lipinski definition) is 2. The maximum atomic E-state index is 13.9. The van der Waals surface area contributed by atoms with Gasteiger partial charge < -0.3 is 10.3 Å². The summed E-state index contributed by atoms with van der Waals surface area (Å²) in [5, 5.41) is 3.88. The van der Waals surface area contributed by atoms with E-state index in [0.29, 0.717) is 15.9 Å². The zero-order valence-corrected chi connectivity index (χ0v) is 22.4. The first-order valence-electron chi connectivity index (χ1n) is 12.3. The van der Waals surface area contributed by atoms with Gasteiger partial charge in [-0.3, -0.25) is 14.7 Å². The molecule has 1 saturated heterocycles. The second-order valence-corrected chi connectivity index (χ2v) is 12.0. The number of benzene rings is 2. The fourth-order valence-electron chi connectivity index (χ4n) is 5.02. The molecule has 192 valence electrons. The van der Waals surface area contributed by atoms with Crippen LogP contribution in [0.1, 0.15) is 40.0 Å². The molecule has 1 amide bonds. The minimum atomic E-state index is -4.01. The van der Waals surface area contributed by atoms with Crippen molar-refractivity contribution >= 4 is 38.2 Å². The number of nitrogens with zero attached hydrogens (tertiary/aromatic N) is 2. The average molecular weight is 537 g/mol. The number of carbonyl (C=O) groups excluding carboxylic acids is 1. The van der Waals surface area contributed by atoms with Crippen LogP contribution in [0, 0.1) is 13.8 Å². The molecule has 5 rings (SSSR count). The Labute approximate surface area is 221 Å². The molecule has 7 nitrogen and oxygen atoms in total. The van der Waals surface area contributed by atoms with Crippen LogP contribution in [0.4, 0.5) is 0 Å². The molecule has 0 unspecified atom stereocenters. The summed E-state index contributed by atoms with van der Waals surface area (Å²) in [5.74, 6) is -0.428. The van der Waals surface area contributed by atoms with E-state index in [1.807, 2.05) is 32.0 Å². The number of fused-ring (bicyclic) bond motifs is 1. The maximum Gasteiger partial charge on any atom is 0.269 e. The van der Waals surface area contributed by atoms with Crippen molar-refractivity contribution in [2.75, 3.05) is 13.1 Å². The van der Waals surface area contributed by atoms with E-state index in [0.717, 1.165) is 43.6 Å². The maximum absolute atomic E-state index is 13.9. The SMILES string of the molecule is Cc1cc(C)cc(S(=O)(=O)c2c(C(=O)NC3CCN(Cc4ccncc4)CC3)[nH]c3ccc(Cl)cc23)c1. The van der Waals surface area contributed by atoms with Gasteiger partial charge in [-0.1, -0.05) is 17.7 Å². The van der Waals surface area contributed by atoms with Gasteiger partial charge >= 0.3 is 0 Å². The van der Waals surface area contributed by atoms with Gasteiger partial charge in [0.25, 0.3) is 5.91 Å². The number of H-pyrrole nitrogens is 1. The second-order valence-electron chi connectivity index (χ2n) is 9.73. The molecule has 4 aromatic rings. The summed E-state index contributed by atoms with van der Waals surface area (Å²) in [6.07, 6.45) is 5.14. The van der Waals surface area contributed by atoms with Crippen molar-refractivity contribution in [1.82, 2.24) is 20.2 Å². The van der Waals surface area contributed by atoms with Crippen molar-refractivity contribution in [2.24, 2.45) is 0 Å². The highest BCUT2D eigenvalue weighted by Gasteiger charge is 2.31. The van der Waals surface area contributed by atoms with E-state index in [-0.39, 0.29) is 21.5 Å². The summed E-state index contributed by atoms with van der Waals surface area (Å²) in [4.78, 5) is 23.1. The van der Waals surface area contributed by atoms with Gasteiger partial charge in [-0.05, 0) is 85.8 Å². The average Bonchev–Trinajstić information content (AvgIpc) is 3.25. The molecule has 2 aromatic carbocycles. The molecule has 1 aliphatic rings. The van der Waals surface area contributed by atoms with Crippen molar-refractivity contribution in [1.29, 1.82) is 0 Å². The number of pyridine rings is 1. The van der Waals surface area contributed by atoms with Crippen LogP contribution in [0.25, 0.3) is 10.9 Å². The van der Waals surface area contributed by atoms with Gasteiger partial charge in [0.1, 0.15) is 10.6 Å². The lowest BCUT2D eigenvalue weighted by atomic mass is 10.0. The van der Waals surface area contributed by atoms with E-state index >= 15 is 0 Å². The molecule has 1 aliphatic heterocycles. The van der Waals surface area contributed by atoms with Gasteiger partial charge in [0, 0.05) is 54.0 Å². The topological polar surface area (TPSA) is 95.2 Å². The third-order valence-electron chi connectivity index (χ3n) is 6.79. The number of aryl methyl sites for hydroxylation is 2. The largest absolute Gasteiger partial charge is 0.349 e. The van der Waals surface area contributed by atoms with Crippen molar-refractivity contribution in [3.63, 3.8) is 0 Å². The Hall–Kier alpha value is -3.20. The Bertz CT molecular complexity index is 1540. The number of hydrogen-bond acceptors (Lipinski definition) is 5. The first-order valence-corrected chi connectivity index (χ1v) is 14.1. The Morgan fingerprint density at radius 2 is 1.73 bits per heavy atom. The number of sulfone groups is 1. The summed E-state index contributed by atoms with van der Waals surface area (Å²) in [5.41, 5.74) is 3.46. The van der Waals surface area contributed by atoms with Crippen LogP contribution in [0.2, 0.25) is 5.02 Å². The highest BCUT2D eigenvalue weighted by atomic mass is 35.5. The van der Waals surface area contributed by atoms with Crippen LogP contribution in [0.3, 0.4) is 0 Å². The molecule has 37 heavy (non-hydrogen) atoms. The standard InChI is InChI=1S/C28H29ClN4O3S/c1-18-13-19(2)15-23(14-18)37(35,36)27-24-16-21(29)3-4-25(24)32-26(27)28(34)31-22-7-11-33(12-8-22)17-20-5-9-30-10-6-20/h3-6,9-10,13-16,22,32H,7-8,11-12,17H2,1-2H3,(H,31,34). The van der Waals surface area contributed by atoms with Crippen LogP contribution in [-0.2, 0) is 16.4 Å². The molecule has 0 spiro atoms. The third kappa shape index (κ3) is 5.42. The number of aromatic nitrogens is 2. The normalized spacial score (nSPS) is 15.2. The number of piperidine rings is 1. The summed E-state index contributed by atoms with van der Waals surface area (Å²) in [6.45, 7) is 6.22. The Kier molecular flexibility index (Phi) is 7.07. The molecule has 0 saturated carbocycles. The number of likely N-dealkylation sites (tertiary alicyclic amines) is 1. The van der Waals surface area contributed by atoms with Gasteiger partial charge in [-0.15, -0.1) is 0 Å². The first-order chi connectivity index (χ1) is 17.7. The van der Waals surface area contributed by atoms with Crippen molar-refractivity contribution in [3.8, 4) is 0 Å². The van der Waals surface area contributed by atoms with E-state index in [4.69, 9.17) is 11.6 Å². The molecular formula is C28H29ClN4O3S. The second kappa shape index (κ2) is 10.3. The molecule has 9 heteroatoms. The minimum Gasteiger partial charge on any atom is -0.349 e. The monoisotopic (exact) mass is 536 g/mol. The van der Waals surface area contributed by atoms with Crippen molar-refractivity contribution < 1.29 is 13.2 Å². The van der Waals surface area contributed by atoms with Gasteiger partial charge in [0.2, 0.25) is 9.84 Å². The van der Waals surface area contributed by atoms with Crippen LogP contribution in [0.15, 0.2) is 70.7 Å². The fraction of sp³-hybridized carbons (Fsp3) is 0.286. The highest BCUT2D eigenvalue weighted by molar-refractivity contribution is 7.91. The Morgan fingerprint density at radius 3 is 2.41 bits per heavy atom. The minimum absolute atomic E-state index is 0.0376. The molecule has 0 radical (unpaired) electrons. The summed E-state index contributed by atoms with van der Waals surface area (Å²) in [6, 6.07) is 14.1. The lowest BCUT2D eigenvalue weighted by Crippen LogP contribution is -2.44. The molecule has 2 N–H and O–H groups in total. The fourth-order valence-corrected chi connectivity index (χ4v) is 6.98. The van der Waals surface area contributed by atoms with Crippen LogP contribution >= 0.6 is 11.6 Å². The first kappa shape index (κ1) is 25.4.